The van der Waals surface area contributed by atoms with Gasteiger partial charge in [0.2, 0.25) is 0 Å². The van der Waals surface area contributed by atoms with Crippen LogP contribution in [0.2, 0.25) is 0 Å². The average Bonchev–Trinajstić information content (AvgIpc) is 3.46. The number of hydrogen-bond donors (Lipinski definition) is 0. The van der Waals surface area contributed by atoms with E-state index in [9.17, 15) is 4.79 Å². The highest BCUT2D eigenvalue weighted by molar-refractivity contribution is 5.92. The third-order valence-corrected chi connectivity index (χ3v) is 5.74. The Bertz CT molecular complexity index is 978. The van der Waals surface area contributed by atoms with E-state index in [4.69, 9.17) is 4.42 Å². The molecule has 27 heavy (non-hydrogen) atoms. The van der Waals surface area contributed by atoms with Crippen molar-refractivity contribution in [2.45, 2.75) is 25.3 Å². The molecular weight excluding hydrogens is 340 g/mol. The lowest BCUT2D eigenvalue weighted by Crippen LogP contribution is -2.53. The Morgan fingerprint density at radius 2 is 2.19 bits per heavy atom. The smallest absolute Gasteiger partial charge is 0.289 e. The molecular formula is C21H22N4O2. The molecule has 1 saturated heterocycles. The van der Waals surface area contributed by atoms with Gasteiger partial charge in [-0.15, -0.1) is 0 Å². The van der Waals surface area contributed by atoms with Gasteiger partial charge in [-0.25, -0.2) is 4.98 Å². The summed E-state index contributed by atoms with van der Waals surface area (Å²) in [7, 11) is 0. The lowest BCUT2D eigenvalue weighted by Gasteiger charge is -2.47. The van der Waals surface area contributed by atoms with Crippen molar-refractivity contribution in [1.29, 1.82) is 0 Å². The van der Waals surface area contributed by atoms with Gasteiger partial charge >= 0.3 is 0 Å². The topological polar surface area (TPSA) is 54.5 Å². The van der Waals surface area contributed by atoms with Gasteiger partial charge in [-0.2, -0.15) is 0 Å². The molecule has 0 unspecified atom stereocenters. The maximum atomic E-state index is 12.9. The molecule has 0 saturated carbocycles. The Balaban J connectivity index is 1.60. The number of aromatic nitrogens is 2. The van der Waals surface area contributed by atoms with Gasteiger partial charge in [0.25, 0.3) is 5.91 Å². The zero-order valence-electron chi connectivity index (χ0n) is 15.3. The molecule has 3 aromatic heterocycles. The number of furan rings is 1. The van der Waals surface area contributed by atoms with E-state index in [1.54, 1.807) is 18.4 Å². The van der Waals surface area contributed by atoms with E-state index >= 15 is 0 Å². The van der Waals surface area contributed by atoms with E-state index < -0.39 is 0 Å². The summed E-state index contributed by atoms with van der Waals surface area (Å²) in [5.74, 6) is 1.33. The summed E-state index contributed by atoms with van der Waals surface area (Å²) in [6.07, 6.45) is 7.38. The van der Waals surface area contributed by atoms with Crippen LogP contribution in [0.5, 0.6) is 0 Å². The monoisotopic (exact) mass is 362 g/mol. The number of nitrogens with zero attached hydrogens (tertiary/aromatic N) is 4. The summed E-state index contributed by atoms with van der Waals surface area (Å²) in [4.78, 5) is 21.9. The molecule has 6 heteroatoms. The highest BCUT2D eigenvalue weighted by Crippen LogP contribution is 2.47. The molecule has 5 heterocycles. The number of rotatable bonds is 3. The molecule has 5 rings (SSSR count). The quantitative estimate of drug-likeness (QED) is 0.716. The zero-order valence-corrected chi connectivity index (χ0v) is 15.3. The Labute approximate surface area is 158 Å². The van der Waals surface area contributed by atoms with Crippen LogP contribution >= 0.6 is 0 Å². The van der Waals surface area contributed by atoms with Crippen LogP contribution in [0.1, 0.15) is 36.0 Å². The molecule has 1 atom stereocenters. The van der Waals surface area contributed by atoms with Crippen molar-refractivity contribution in [2.75, 3.05) is 24.5 Å². The number of likely N-dealkylation sites (tertiary alicyclic amines) is 1. The molecule has 0 bridgehead atoms. The molecule has 1 amide bonds. The van der Waals surface area contributed by atoms with Gasteiger partial charge in [-0.3, -0.25) is 4.79 Å². The third kappa shape index (κ3) is 2.25. The van der Waals surface area contributed by atoms with Crippen LogP contribution in [0.15, 0.2) is 59.5 Å². The van der Waals surface area contributed by atoms with Crippen LogP contribution in [0.3, 0.4) is 0 Å². The van der Waals surface area contributed by atoms with E-state index in [0.29, 0.717) is 18.8 Å². The van der Waals surface area contributed by atoms with E-state index in [0.717, 1.165) is 30.9 Å². The van der Waals surface area contributed by atoms with Gasteiger partial charge in [0.1, 0.15) is 5.54 Å². The van der Waals surface area contributed by atoms with Gasteiger partial charge in [0.05, 0.1) is 24.2 Å². The minimum atomic E-state index is -0.238. The van der Waals surface area contributed by atoms with E-state index in [2.05, 4.69) is 45.8 Å². The SMILES string of the molecule is CCCN1c2cccnc2-n2cccc2[C@]12CCN(C(=O)c1ccco1)C2. The predicted octanol–water partition coefficient (Wildman–Crippen LogP) is 3.44. The molecule has 1 spiro atoms. The minimum absolute atomic E-state index is 0.0385. The fourth-order valence-electron chi connectivity index (χ4n) is 4.61. The summed E-state index contributed by atoms with van der Waals surface area (Å²) < 4.78 is 7.53. The zero-order chi connectivity index (χ0) is 18.4. The first kappa shape index (κ1) is 16.2. The van der Waals surface area contributed by atoms with Crippen molar-refractivity contribution < 1.29 is 9.21 Å². The van der Waals surface area contributed by atoms with Crippen molar-refractivity contribution in [1.82, 2.24) is 14.5 Å². The molecule has 0 aromatic carbocycles. The summed E-state index contributed by atoms with van der Waals surface area (Å²) in [5.41, 5.74) is 2.10. The lowest BCUT2D eigenvalue weighted by molar-refractivity contribution is 0.0750. The molecule has 138 valence electrons. The normalized spacial score (nSPS) is 20.8. The Morgan fingerprint density at radius 1 is 1.26 bits per heavy atom. The lowest BCUT2D eigenvalue weighted by atomic mass is 9.88. The molecule has 0 radical (unpaired) electrons. The third-order valence-electron chi connectivity index (χ3n) is 5.74. The summed E-state index contributed by atoms with van der Waals surface area (Å²) in [6.45, 7) is 4.47. The van der Waals surface area contributed by atoms with Crippen LogP contribution < -0.4 is 4.90 Å². The number of fused-ring (bicyclic) bond motifs is 4. The number of hydrogen-bond acceptors (Lipinski definition) is 4. The Kier molecular flexibility index (Phi) is 3.60. The number of carbonyl (C=O) groups is 1. The van der Waals surface area contributed by atoms with Crippen molar-refractivity contribution in [3.63, 3.8) is 0 Å². The summed E-state index contributed by atoms with van der Waals surface area (Å²) in [5, 5.41) is 0. The molecule has 6 nitrogen and oxygen atoms in total. The number of amides is 1. The average molecular weight is 362 g/mol. The first-order valence-electron chi connectivity index (χ1n) is 9.48. The second-order valence-corrected chi connectivity index (χ2v) is 7.25. The molecule has 3 aromatic rings. The summed E-state index contributed by atoms with van der Waals surface area (Å²) in [6, 6.07) is 11.9. The van der Waals surface area contributed by atoms with Crippen LogP contribution in [0.25, 0.3) is 5.82 Å². The molecule has 0 aliphatic carbocycles. The highest BCUT2D eigenvalue weighted by atomic mass is 16.3. The van der Waals surface area contributed by atoms with Gasteiger partial charge in [0, 0.05) is 25.5 Å². The number of pyridine rings is 1. The van der Waals surface area contributed by atoms with Gasteiger partial charge in [0.15, 0.2) is 11.6 Å². The van der Waals surface area contributed by atoms with Gasteiger partial charge in [-0.05, 0) is 49.2 Å². The number of carbonyl (C=O) groups excluding carboxylic acids is 1. The maximum absolute atomic E-state index is 12.9. The molecule has 0 N–H and O–H groups in total. The largest absolute Gasteiger partial charge is 0.459 e. The van der Waals surface area contributed by atoms with E-state index in [1.807, 2.05) is 17.2 Å². The standard InChI is InChI=1S/C21H22N4O2/c1-2-11-25-16-6-3-10-22-19(16)24-12-4-8-18(24)21(25)9-13-23(15-21)20(26)17-7-5-14-27-17/h3-8,10,12,14H,2,9,11,13,15H2,1H3/t21-/m1/s1. The van der Waals surface area contributed by atoms with Gasteiger partial charge < -0.3 is 18.8 Å². The molecule has 2 aliphatic rings. The first-order chi connectivity index (χ1) is 13.2. The fraction of sp³-hybridized carbons (Fsp3) is 0.333. The van der Waals surface area contributed by atoms with Crippen molar-refractivity contribution in [2.24, 2.45) is 0 Å². The number of anilines is 1. The van der Waals surface area contributed by atoms with Crippen LogP contribution in [0, 0.1) is 0 Å². The van der Waals surface area contributed by atoms with E-state index in [-0.39, 0.29) is 11.4 Å². The Hall–Kier alpha value is -3.02. The van der Waals surface area contributed by atoms with Crippen LogP contribution in [-0.4, -0.2) is 40.0 Å². The molecule has 1 fully saturated rings. The molecule has 2 aliphatic heterocycles. The first-order valence-corrected chi connectivity index (χ1v) is 9.48. The van der Waals surface area contributed by atoms with Crippen molar-refractivity contribution in [3.05, 3.63) is 66.5 Å². The maximum Gasteiger partial charge on any atom is 0.289 e. The highest BCUT2D eigenvalue weighted by Gasteiger charge is 2.50. The van der Waals surface area contributed by atoms with Crippen molar-refractivity contribution >= 4 is 11.6 Å². The predicted molar refractivity (Wildman–Crippen MR) is 102 cm³/mol. The minimum Gasteiger partial charge on any atom is -0.459 e. The van der Waals surface area contributed by atoms with Crippen LogP contribution in [0.4, 0.5) is 5.69 Å². The van der Waals surface area contributed by atoms with Crippen molar-refractivity contribution in [3.8, 4) is 5.82 Å². The second-order valence-electron chi connectivity index (χ2n) is 7.25. The van der Waals surface area contributed by atoms with Crippen LogP contribution in [-0.2, 0) is 5.54 Å². The summed E-state index contributed by atoms with van der Waals surface area (Å²) >= 11 is 0. The fourth-order valence-corrected chi connectivity index (χ4v) is 4.61. The Morgan fingerprint density at radius 3 is 3.00 bits per heavy atom. The van der Waals surface area contributed by atoms with Gasteiger partial charge in [-0.1, -0.05) is 6.92 Å². The second kappa shape index (κ2) is 6.01. The van der Waals surface area contributed by atoms with E-state index in [1.165, 1.54) is 5.69 Å².